The van der Waals surface area contributed by atoms with E-state index >= 15 is 0 Å². The van der Waals surface area contributed by atoms with Gasteiger partial charge in [0.2, 0.25) is 0 Å². The molecule has 1 aromatic heterocycles. The molecule has 2 heterocycles. The van der Waals surface area contributed by atoms with Crippen LogP contribution in [0.15, 0.2) is 35.8 Å². The summed E-state index contributed by atoms with van der Waals surface area (Å²) in [4.78, 5) is 20.6. The van der Waals surface area contributed by atoms with E-state index in [9.17, 15) is 4.79 Å². The minimum Gasteiger partial charge on any atom is -0.299 e. The van der Waals surface area contributed by atoms with Crippen molar-refractivity contribution in [2.45, 2.75) is 39.2 Å². The molecule has 1 saturated heterocycles. The molecule has 0 unspecified atom stereocenters. The number of carbonyl (C=O) groups excluding carboxylic acids is 1. The topological polar surface area (TPSA) is 33.2 Å². The Morgan fingerprint density at radius 3 is 2.91 bits per heavy atom. The number of aromatic nitrogens is 1. The van der Waals surface area contributed by atoms with Crippen LogP contribution in [0, 0.1) is 12.8 Å². The Balaban J connectivity index is 1.51. The van der Waals surface area contributed by atoms with E-state index in [0.717, 1.165) is 44.6 Å². The van der Waals surface area contributed by atoms with Crippen molar-refractivity contribution in [1.82, 2.24) is 9.88 Å². The Bertz CT molecular complexity index is 638. The van der Waals surface area contributed by atoms with Crippen molar-refractivity contribution in [3.05, 3.63) is 52.0 Å². The molecular formula is C19H24N2OS. The van der Waals surface area contributed by atoms with E-state index in [1.54, 1.807) is 11.3 Å². The maximum absolute atomic E-state index is 12.5. The minimum atomic E-state index is 0.209. The first-order valence-corrected chi connectivity index (χ1v) is 9.28. The maximum atomic E-state index is 12.5. The summed E-state index contributed by atoms with van der Waals surface area (Å²) in [5.74, 6) is 0.639. The zero-order valence-corrected chi connectivity index (χ0v) is 14.5. The fourth-order valence-electron chi connectivity index (χ4n) is 3.26. The molecule has 0 saturated carbocycles. The van der Waals surface area contributed by atoms with Crippen LogP contribution in [-0.4, -0.2) is 28.8 Å². The number of benzene rings is 1. The van der Waals surface area contributed by atoms with Crippen molar-refractivity contribution in [1.29, 1.82) is 0 Å². The van der Waals surface area contributed by atoms with Gasteiger partial charge in [-0.15, -0.1) is 11.3 Å². The molecule has 0 aliphatic carbocycles. The first kappa shape index (κ1) is 16.3. The number of carbonyl (C=O) groups is 1. The predicted molar refractivity (Wildman–Crippen MR) is 94.6 cm³/mol. The van der Waals surface area contributed by atoms with Gasteiger partial charge in [-0.2, -0.15) is 0 Å². The van der Waals surface area contributed by atoms with Crippen molar-refractivity contribution in [3.8, 4) is 0 Å². The Morgan fingerprint density at radius 2 is 2.17 bits per heavy atom. The lowest BCUT2D eigenvalue weighted by molar-refractivity contribution is -0.124. The molecule has 0 spiro atoms. The average molecular weight is 328 g/mol. The first-order chi connectivity index (χ1) is 11.2. The minimum absolute atomic E-state index is 0.209. The molecule has 1 aliphatic heterocycles. The largest absolute Gasteiger partial charge is 0.299 e. The number of ketones is 1. The summed E-state index contributed by atoms with van der Waals surface area (Å²) in [6.45, 7) is 5.02. The van der Waals surface area contributed by atoms with E-state index in [4.69, 9.17) is 0 Å². The van der Waals surface area contributed by atoms with Gasteiger partial charge in [-0.25, -0.2) is 4.98 Å². The van der Waals surface area contributed by atoms with E-state index < -0.39 is 0 Å². The third-order valence-electron chi connectivity index (χ3n) is 4.68. The molecule has 1 fully saturated rings. The van der Waals surface area contributed by atoms with E-state index in [1.165, 1.54) is 10.4 Å². The van der Waals surface area contributed by atoms with Gasteiger partial charge in [-0.1, -0.05) is 30.3 Å². The van der Waals surface area contributed by atoms with Gasteiger partial charge in [0.15, 0.2) is 0 Å². The molecule has 0 N–H and O–H groups in total. The Hall–Kier alpha value is -1.52. The van der Waals surface area contributed by atoms with Crippen molar-refractivity contribution < 1.29 is 4.79 Å². The van der Waals surface area contributed by atoms with Crippen LogP contribution in [0.2, 0.25) is 0 Å². The number of aryl methyl sites for hydroxylation is 2. The van der Waals surface area contributed by atoms with Gasteiger partial charge < -0.3 is 0 Å². The third-order valence-corrected chi connectivity index (χ3v) is 5.60. The molecule has 3 nitrogen and oxygen atoms in total. The number of nitrogens with zero attached hydrogens (tertiary/aromatic N) is 2. The van der Waals surface area contributed by atoms with Gasteiger partial charge in [-0.05, 0) is 38.3 Å². The van der Waals surface area contributed by atoms with Crippen LogP contribution in [0.3, 0.4) is 0 Å². The van der Waals surface area contributed by atoms with Gasteiger partial charge in [0.1, 0.15) is 5.78 Å². The summed E-state index contributed by atoms with van der Waals surface area (Å²) in [7, 11) is 0. The number of Topliss-reactive ketones (excluding diaryl/α,β-unsaturated/α-hetero) is 1. The second-order valence-corrected chi connectivity index (χ2v) is 7.33. The van der Waals surface area contributed by atoms with Crippen molar-refractivity contribution in [3.63, 3.8) is 0 Å². The lowest BCUT2D eigenvalue weighted by Gasteiger charge is -2.31. The summed E-state index contributed by atoms with van der Waals surface area (Å²) in [6, 6.07) is 10.3. The van der Waals surface area contributed by atoms with Crippen LogP contribution in [0.25, 0.3) is 0 Å². The Kier molecular flexibility index (Phi) is 5.57. The molecule has 1 atom stereocenters. The van der Waals surface area contributed by atoms with Crippen molar-refractivity contribution >= 4 is 17.1 Å². The highest BCUT2D eigenvalue weighted by molar-refractivity contribution is 7.09. The van der Waals surface area contributed by atoms with Gasteiger partial charge in [0.05, 0.1) is 11.2 Å². The Labute approximate surface area is 142 Å². The monoisotopic (exact) mass is 328 g/mol. The highest BCUT2D eigenvalue weighted by Gasteiger charge is 2.25. The third kappa shape index (κ3) is 4.49. The van der Waals surface area contributed by atoms with Gasteiger partial charge >= 0.3 is 0 Å². The summed E-state index contributed by atoms with van der Waals surface area (Å²) < 4.78 is 0. The number of likely N-dealkylation sites (tertiary alicyclic amines) is 1. The van der Waals surface area contributed by atoms with Gasteiger partial charge in [0, 0.05) is 30.3 Å². The summed E-state index contributed by atoms with van der Waals surface area (Å²) in [5.41, 5.74) is 4.30. The number of hydrogen-bond acceptors (Lipinski definition) is 4. The van der Waals surface area contributed by atoms with Crippen LogP contribution < -0.4 is 0 Å². The van der Waals surface area contributed by atoms with Gasteiger partial charge in [0.25, 0.3) is 0 Å². The zero-order chi connectivity index (χ0) is 16.1. The first-order valence-electron chi connectivity index (χ1n) is 8.40. The van der Waals surface area contributed by atoms with Crippen LogP contribution in [0.5, 0.6) is 0 Å². The average Bonchev–Trinajstić information content (AvgIpc) is 2.99. The molecule has 23 heavy (non-hydrogen) atoms. The maximum Gasteiger partial charge on any atom is 0.137 e. The van der Waals surface area contributed by atoms with Crippen molar-refractivity contribution in [2.24, 2.45) is 5.92 Å². The molecule has 122 valence electrons. The molecule has 4 heteroatoms. The second-order valence-electron chi connectivity index (χ2n) is 6.39. The lowest BCUT2D eigenvalue weighted by atomic mass is 9.90. The van der Waals surface area contributed by atoms with Crippen molar-refractivity contribution in [2.75, 3.05) is 13.1 Å². The van der Waals surface area contributed by atoms with Crippen LogP contribution in [0.4, 0.5) is 0 Å². The molecule has 3 rings (SSSR count). The van der Waals surface area contributed by atoms with Crippen LogP contribution in [0.1, 0.15) is 35.4 Å². The zero-order valence-electron chi connectivity index (χ0n) is 13.7. The second kappa shape index (κ2) is 7.84. The summed E-state index contributed by atoms with van der Waals surface area (Å²) in [6.07, 6.45) is 3.71. The highest BCUT2D eigenvalue weighted by Crippen LogP contribution is 2.23. The van der Waals surface area contributed by atoms with Gasteiger partial charge in [-0.3, -0.25) is 9.69 Å². The Morgan fingerprint density at radius 1 is 1.35 bits per heavy atom. The SMILES string of the molecule is Cc1ncsc1CN1CCC[C@@H](C(=O)CCc2ccccc2)C1. The van der Waals surface area contributed by atoms with Crippen LogP contribution in [-0.2, 0) is 17.8 Å². The van der Waals surface area contributed by atoms with Crippen LogP contribution >= 0.6 is 11.3 Å². The molecule has 0 amide bonds. The standard InChI is InChI=1S/C19H24N2OS/c1-15-19(23-14-20-15)13-21-11-5-8-17(12-21)18(22)10-9-16-6-3-2-4-7-16/h2-4,6-7,14,17H,5,8-13H2,1H3/t17-/m1/s1. The summed E-state index contributed by atoms with van der Waals surface area (Å²) >= 11 is 1.72. The number of thiazole rings is 1. The molecular weight excluding hydrogens is 304 g/mol. The molecule has 1 aliphatic rings. The molecule has 0 radical (unpaired) electrons. The molecule has 1 aromatic carbocycles. The fraction of sp³-hybridized carbons (Fsp3) is 0.474. The summed E-state index contributed by atoms with van der Waals surface area (Å²) in [5, 5.41) is 0. The smallest absolute Gasteiger partial charge is 0.137 e. The number of rotatable bonds is 6. The van der Waals surface area contributed by atoms with E-state index in [-0.39, 0.29) is 5.92 Å². The number of hydrogen-bond donors (Lipinski definition) is 0. The highest BCUT2D eigenvalue weighted by atomic mass is 32.1. The normalized spacial score (nSPS) is 18.9. The predicted octanol–water partition coefficient (Wildman–Crippen LogP) is 3.87. The molecule has 0 bridgehead atoms. The van der Waals surface area contributed by atoms with E-state index in [0.29, 0.717) is 12.2 Å². The van der Waals surface area contributed by atoms with E-state index in [2.05, 4.69) is 28.9 Å². The lowest BCUT2D eigenvalue weighted by Crippen LogP contribution is -2.38. The molecule has 2 aromatic rings. The van der Waals surface area contributed by atoms with E-state index in [1.807, 2.05) is 23.7 Å². The fourth-order valence-corrected chi connectivity index (χ4v) is 4.08. The quantitative estimate of drug-likeness (QED) is 0.807. The number of piperidine rings is 1.